The number of hydrogen-bond acceptors (Lipinski definition) is 3. The molecule has 0 radical (unpaired) electrons. The topological polar surface area (TPSA) is 32.8 Å². The zero-order valence-corrected chi connectivity index (χ0v) is 7.53. The maximum Gasteiger partial charge on any atom is 0.210 e. The van der Waals surface area contributed by atoms with Crippen molar-refractivity contribution in [2.24, 2.45) is 0 Å². The van der Waals surface area contributed by atoms with Gasteiger partial charge in [0.05, 0.1) is 19.9 Å². The summed E-state index contributed by atoms with van der Waals surface area (Å²) in [5.41, 5.74) is 0. The van der Waals surface area contributed by atoms with Crippen LogP contribution in [0.2, 0.25) is 0 Å². The van der Waals surface area contributed by atoms with Gasteiger partial charge in [-0.05, 0) is 6.92 Å². The molecular weight excluding hydrogens is 156 g/mol. The van der Waals surface area contributed by atoms with Crippen LogP contribution in [0.25, 0.3) is 0 Å². The minimum Gasteiger partial charge on any atom is -0.379 e. The zero-order valence-electron chi connectivity index (χ0n) is 7.53. The van der Waals surface area contributed by atoms with Crippen molar-refractivity contribution in [2.75, 3.05) is 39.5 Å². The minimum atomic E-state index is 0.739. The van der Waals surface area contributed by atoms with Crippen molar-refractivity contribution in [3.63, 3.8) is 0 Å². The molecule has 0 aromatic carbocycles. The van der Waals surface area contributed by atoms with Crippen LogP contribution in [0, 0.1) is 0 Å². The van der Waals surface area contributed by atoms with E-state index in [1.54, 1.807) is 4.90 Å². The van der Waals surface area contributed by atoms with Gasteiger partial charge in [-0.15, -0.1) is 0 Å². The van der Waals surface area contributed by atoms with Gasteiger partial charge in [0.25, 0.3) is 0 Å². The predicted molar refractivity (Wildman–Crippen MR) is 45.7 cm³/mol. The number of amides is 1. The Kier molecular flexibility index (Phi) is 4.04. The number of rotatable bonds is 4. The van der Waals surface area contributed by atoms with Crippen molar-refractivity contribution >= 4 is 6.41 Å². The quantitative estimate of drug-likeness (QED) is 0.548. The number of nitrogens with zero attached hydrogens (tertiary/aromatic N) is 2. The molecule has 70 valence electrons. The molecule has 1 heterocycles. The standard InChI is InChI=1S/C8H16N2O2/c1-2-9(8-11)7-10-3-5-12-6-4-10/h8H,2-7H2,1H3. The molecule has 0 saturated carbocycles. The van der Waals surface area contributed by atoms with E-state index in [9.17, 15) is 4.79 Å². The van der Waals surface area contributed by atoms with Crippen molar-refractivity contribution in [1.82, 2.24) is 9.80 Å². The van der Waals surface area contributed by atoms with Crippen LogP contribution in [0.5, 0.6) is 0 Å². The van der Waals surface area contributed by atoms with Gasteiger partial charge in [-0.1, -0.05) is 0 Å². The second-order valence-corrected chi connectivity index (χ2v) is 2.88. The average Bonchev–Trinajstić information content (AvgIpc) is 2.16. The van der Waals surface area contributed by atoms with E-state index in [2.05, 4.69) is 4.90 Å². The third kappa shape index (κ3) is 2.79. The molecule has 0 aromatic heterocycles. The summed E-state index contributed by atoms with van der Waals surface area (Å²) < 4.78 is 5.20. The second-order valence-electron chi connectivity index (χ2n) is 2.88. The van der Waals surface area contributed by atoms with Crippen LogP contribution >= 0.6 is 0 Å². The number of ether oxygens (including phenoxy) is 1. The van der Waals surface area contributed by atoms with Crippen molar-refractivity contribution < 1.29 is 9.53 Å². The van der Waals surface area contributed by atoms with Crippen LogP contribution in [0.4, 0.5) is 0 Å². The molecule has 1 aliphatic heterocycles. The lowest BCUT2D eigenvalue weighted by molar-refractivity contribution is -0.120. The van der Waals surface area contributed by atoms with E-state index >= 15 is 0 Å². The van der Waals surface area contributed by atoms with Gasteiger partial charge in [-0.2, -0.15) is 0 Å². The van der Waals surface area contributed by atoms with E-state index in [1.165, 1.54) is 0 Å². The van der Waals surface area contributed by atoms with Gasteiger partial charge in [0, 0.05) is 19.6 Å². The second kappa shape index (κ2) is 5.11. The maximum atomic E-state index is 10.5. The highest BCUT2D eigenvalue weighted by Gasteiger charge is 2.11. The minimum absolute atomic E-state index is 0.739. The molecule has 0 bridgehead atoms. The highest BCUT2D eigenvalue weighted by molar-refractivity contribution is 5.46. The average molecular weight is 172 g/mol. The van der Waals surface area contributed by atoms with E-state index < -0.39 is 0 Å². The predicted octanol–water partition coefficient (Wildman–Crippen LogP) is -0.246. The largest absolute Gasteiger partial charge is 0.379 e. The summed E-state index contributed by atoms with van der Waals surface area (Å²) >= 11 is 0. The Morgan fingerprint density at radius 3 is 2.67 bits per heavy atom. The molecule has 1 fully saturated rings. The van der Waals surface area contributed by atoms with Gasteiger partial charge >= 0.3 is 0 Å². The van der Waals surface area contributed by atoms with E-state index in [1.807, 2.05) is 6.92 Å². The van der Waals surface area contributed by atoms with Crippen LogP contribution in [-0.4, -0.2) is 55.7 Å². The molecule has 0 atom stereocenters. The molecule has 0 aliphatic carbocycles. The summed E-state index contributed by atoms with van der Waals surface area (Å²) in [6.45, 7) is 6.95. The Bertz CT molecular complexity index is 135. The maximum absolute atomic E-state index is 10.5. The van der Waals surface area contributed by atoms with Crippen LogP contribution < -0.4 is 0 Å². The highest BCUT2D eigenvalue weighted by atomic mass is 16.5. The normalized spacial score (nSPS) is 19.1. The number of carbonyl (C=O) groups is 1. The summed E-state index contributed by atoms with van der Waals surface area (Å²) in [6.07, 6.45) is 0.898. The third-order valence-electron chi connectivity index (χ3n) is 2.04. The lowest BCUT2D eigenvalue weighted by atomic mass is 10.4. The van der Waals surface area contributed by atoms with Crippen molar-refractivity contribution in [1.29, 1.82) is 0 Å². The monoisotopic (exact) mass is 172 g/mol. The van der Waals surface area contributed by atoms with Gasteiger partial charge < -0.3 is 9.64 Å². The molecule has 0 spiro atoms. The van der Waals surface area contributed by atoms with Crippen LogP contribution in [0.3, 0.4) is 0 Å². The van der Waals surface area contributed by atoms with E-state index in [0.29, 0.717) is 0 Å². The molecule has 4 heteroatoms. The molecule has 4 nitrogen and oxygen atoms in total. The van der Waals surface area contributed by atoms with Gasteiger partial charge in [-0.25, -0.2) is 0 Å². The number of morpholine rings is 1. The van der Waals surface area contributed by atoms with Crippen LogP contribution in [-0.2, 0) is 9.53 Å². The Morgan fingerprint density at radius 2 is 2.17 bits per heavy atom. The summed E-state index contributed by atoms with van der Waals surface area (Å²) in [7, 11) is 0. The SMILES string of the molecule is CCN(C=O)CN1CCOCC1. The molecule has 12 heavy (non-hydrogen) atoms. The third-order valence-corrected chi connectivity index (χ3v) is 2.04. The summed E-state index contributed by atoms with van der Waals surface area (Å²) in [5, 5.41) is 0. The first-order chi connectivity index (χ1) is 5.86. The zero-order chi connectivity index (χ0) is 8.81. The molecular formula is C8H16N2O2. The first-order valence-electron chi connectivity index (χ1n) is 4.36. The molecule has 0 N–H and O–H groups in total. The smallest absolute Gasteiger partial charge is 0.210 e. The Balaban J connectivity index is 2.22. The van der Waals surface area contributed by atoms with Gasteiger partial charge in [0.1, 0.15) is 0 Å². The molecule has 0 unspecified atom stereocenters. The van der Waals surface area contributed by atoms with Crippen LogP contribution in [0.15, 0.2) is 0 Å². The van der Waals surface area contributed by atoms with E-state index in [0.717, 1.165) is 45.9 Å². The number of carbonyl (C=O) groups excluding carboxylic acids is 1. The molecule has 0 aromatic rings. The summed E-state index contributed by atoms with van der Waals surface area (Å²) in [6, 6.07) is 0. The Hall–Kier alpha value is -0.610. The molecule has 1 amide bonds. The first-order valence-corrected chi connectivity index (χ1v) is 4.36. The number of hydrogen-bond donors (Lipinski definition) is 0. The van der Waals surface area contributed by atoms with E-state index in [4.69, 9.17) is 4.74 Å². The summed E-state index contributed by atoms with van der Waals surface area (Å²) in [5.74, 6) is 0. The van der Waals surface area contributed by atoms with Gasteiger partial charge in [-0.3, -0.25) is 9.69 Å². The van der Waals surface area contributed by atoms with Gasteiger partial charge in [0.15, 0.2) is 0 Å². The molecule has 1 aliphatic rings. The first kappa shape index (κ1) is 9.48. The fourth-order valence-corrected chi connectivity index (χ4v) is 1.21. The Labute approximate surface area is 73.1 Å². The van der Waals surface area contributed by atoms with Crippen LogP contribution in [0.1, 0.15) is 6.92 Å². The van der Waals surface area contributed by atoms with E-state index in [-0.39, 0.29) is 0 Å². The van der Waals surface area contributed by atoms with Crippen molar-refractivity contribution in [3.05, 3.63) is 0 Å². The lowest BCUT2D eigenvalue weighted by Crippen LogP contribution is -2.43. The molecule has 1 rings (SSSR count). The van der Waals surface area contributed by atoms with Crippen molar-refractivity contribution in [3.8, 4) is 0 Å². The fourth-order valence-electron chi connectivity index (χ4n) is 1.21. The fraction of sp³-hybridized carbons (Fsp3) is 0.875. The van der Waals surface area contributed by atoms with Crippen molar-refractivity contribution in [2.45, 2.75) is 6.92 Å². The Morgan fingerprint density at radius 1 is 1.50 bits per heavy atom. The highest BCUT2D eigenvalue weighted by Crippen LogP contribution is 1.97. The lowest BCUT2D eigenvalue weighted by Gasteiger charge is -2.30. The molecule has 1 saturated heterocycles. The van der Waals surface area contributed by atoms with Gasteiger partial charge in [0.2, 0.25) is 6.41 Å². The summed E-state index contributed by atoms with van der Waals surface area (Å²) in [4.78, 5) is 14.5.